The molecule has 1 aromatic rings. The van der Waals surface area contributed by atoms with Crippen molar-refractivity contribution in [2.24, 2.45) is 11.8 Å². The molecule has 1 saturated carbocycles. The lowest BCUT2D eigenvalue weighted by atomic mass is 9.78. The Hall–Kier alpha value is -1.51. The van der Waals surface area contributed by atoms with Gasteiger partial charge in [-0.2, -0.15) is 0 Å². The summed E-state index contributed by atoms with van der Waals surface area (Å²) in [7, 11) is 1.65. The van der Waals surface area contributed by atoms with E-state index in [0.29, 0.717) is 24.3 Å². The SMILES string of the molecule is COc1ccc(CC(=O)N[C@@H]2CCC[C@H](C)[C@H]2C)cc1. The molecule has 0 aliphatic heterocycles. The van der Waals surface area contributed by atoms with Gasteiger partial charge in [-0.3, -0.25) is 4.79 Å². The van der Waals surface area contributed by atoms with Crippen molar-refractivity contribution in [3.05, 3.63) is 29.8 Å². The molecular formula is C17H25NO2. The Morgan fingerprint density at radius 1 is 1.25 bits per heavy atom. The maximum Gasteiger partial charge on any atom is 0.224 e. The van der Waals surface area contributed by atoms with E-state index in [0.717, 1.165) is 17.7 Å². The Morgan fingerprint density at radius 3 is 2.60 bits per heavy atom. The number of hydrogen-bond donors (Lipinski definition) is 1. The van der Waals surface area contributed by atoms with Crippen LogP contribution in [0, 0.1) is 11.8 Å². The zero-order valence-electron chi connectivity index (χ0n) is 12.7. The standard InChI is InChI=1S/C17H25NO2/c1-12-5-4-6-16(13(12)2)18-17(19)11-14-7-9-15(20-3)10-8-14/h7-10,12-13,16H,4-6,11H2,1-3H3,(H,18,19)/t12-,13+,16+/m0/s1. The molecule has 0 heterocycles. The Labute approximate surface area is 121 Å². The van der Waals surface area contributed by atoms with E-state index in [1.54, 1.807) is 7.11 Å². The number of methoxy groups -OCH3 is 1. The fourth-order valence-electron chi connectivity index (χ4n) is 2.97. The van der Waals surface area contributed by atoms with Crippen molar-refractivity contribution >= 4 is 5.91 Å². The first kappa shape index (κ1) is 14.9. The van der Waals surface area contributed by atoms with Gasteiger partial charge in [-0.15, -0.1) is 0 Å². The predicted molar refractivity (Wildman–Crippen MR) is 80.8 cm³/mol. The van der Waals surface area contributed by atoms with E-state index in [4.69, 9.17) is 4.74 Å². The summed E-state index contributed by atoms with van der Waals surface area (Å²) in [5.74, 6) is 2.23. The lowest BCUT2D eigenvalue weighted by Gasteiger charge is -2.34. The molecule has 3 heteroatoms. The number of carbonyl (C=O) groups is 1. The summed E-state index contributed by atoms with van der Waals surface area (Å²) in [4.78, 5) is 12.1. The molecule has 110 valence electrons. The van der Waals surface area contributed by atoms with Gasteiger partial charge in [0.05, 0.1) is 13.5 Å². The third kappa shape index (κ3) is 3.75. The van der Waals surface area contributed by atoms with Gasteiger partial charge >= 0.3 is 0 Å². The quantitative estimate of drug-likeness (QED) is 0.916. The van der Waals surface area contributed by atoms with Crippen LogP contribution >= 0.6 is 0 Å². The van der Waals surface area contributed by atoms with Gasteiger partial charge in [0.2, 0.25) is 5.91 Å². The van der Waals surface area contributed by atoms with E-state index in [9.17, 15) is 4.79 Å². The molecule has 0 bridgehead atoms. The zero-order chi connectivity index (χ0) is 14.5. The summed E-state index contributed by atoms with van der Waals surface area (Å²) in [6.07, 6.45) is 4.06. The van der Waals surface area contributed by atoms with Gasteiger partial charge < -0.3 is 10.1 Å². The Morgan fingerprint density at radius 2 is 1.95 bits per heavy atom. The highest BCUT2D eigenvalue weighted by Crippen LogP contribution is 2.29. The molecule has 1 aromatic carbocycles. The first-order valence-corrected chi connectivity index (χ1v) is 7.52. The number of benzene rings is 1. The van der Waals surface area contributed by atoms with Crippen molar-refractivity contribution in [1.29, 1.82) is 0 Å². The number of nitrogens with one attached hydrogen (secondary N) is 1. The number of ether oxygens (including phenoxy) is 1. The van der Waals surface area contributed by atoms with Crippen LogP contribution in [0.3, 0.4) is 0 Å². The summed E-state index contributed by atoms with van der Waals surface area (Å²) in [6, 6.07) is 8.03. The molecule has 1 fully saturated rings. The van der Waals surface area contributed by atoms with Crippen LogP contribution in [0.4, 0.5) is 0 Å². The molecule has 3 nitrogen and oxygen atoms in total. The third-order valence-electron chi connectivity index (χ3n) is 4.58. The smallest absolute Gasteiger partial charge is 0.224 e. The normalized spacial score (nSPS) is 26.1. The van der Waals surface area contributed by atoms with Gasteiger partial charge in [-0.05, 0) is 36.0 Å². The average Bonchev–Trinajstić information content (AvgIpc) is 2.45. The summed E-state index contributed by atoms with van der Waals surface area (Å²) < 4.78 is 5.12. The third-order valence-corrected chi connectivity index (χ3v) is 4.58. The first-order valence-electron chi connectivity index (χ1n) is 7.52. The highest BCUT2D eigenvalue weighted by molar-refractivity contribution is 5.78. The van der Waals surface area contributed by atoms with Crippen molar-refractivity contribution in [2.75, 3.05) is 7.11 Å². The van der Waals surface area contributed by atoms with Crippen molar-refractivity contribution in [3.63, 3.8) is 0 Å². The molecule has 0 unspecified atom stereocenters. The monoisotopic (exact) mass is 275 g/mol. The van der Waals surface area contributed by atoms with Crippen molar-refractivity contribution in [3.8, 4) is 5.75 Å². The van der Waals surface area contributed by atoms with Crippen LogP contribution in [0.25, 0.3) is 0 Å². The number of rotatable bonds is 4. The summed E-state index contributed by atoms with van der Waals surface area (Å²) in [5, 5.41) is 3.21. The van der Waals surface area contributed by atoms with Crippen LogP contribution in [-0.2, 0) is 11.2 Å². The lowest BCUT2D eigenvalue weighted by molar-refractivity contribution is -0.121. The summed E-state index contributed by atoms with van der Waals surface area (Å²) in [6.45, 7) is 4.54. The molecule has 0 spiro atoms. The van der Waals surface area contributed by atoms with E-state index in [1.807, 2.05) is 24.3 Å². The second-order valence-corrected chi connectivity index (χ2v) is 5.97. The van der Waals surface area contributed by atoms with Crippen LogP contribution in [0.1, 0.15) is 38.7 Å². The molecule has 1 N–H and O–H groups in total. The Bertz CT molecular complexity index is 441. The Balaban J connectivity index is 1.88. The molecule has 1 aliphatic carbocycles. The van der Waals surface area contributed by atoms with E-state index in [2.05, 4.69) is 19.2 Å². The molecule has 0 radical (unpaired) electrons. The second-order valence-electron chi connectivity index (χ2n) is 5.97. The molecule has 0 saturated heterocycles. The maximum atomic E-state index is 12.1. The van der Waals surface area contributed by atoms with Crippen molar-refractivity contribution in [1.82, 2.24) is 5.32 Å². The van der Waals surface area contributed by atoms with Gasteiger partial charge in [-0.25, -0.2) is 0 Å². The topological polar surface area (TPSA) is 38.3 Å². The average molecular weight is 275 g/mol. The largest absolute Gasteiger partial charge is 0.497 e. The molecule has 2 rings (SSSR count). The minimum absolute atomic E-state index is 0.126. The second kappa shape index (κ2) is 6.78. The van der Waals surface area contributed by atoms with E-state index < -0.39 is 0 Å². The van der Waals surface area contributed by atoms with Crippen LogP contribution in [0.15, 0.2) is 24.3 Å². The zero-order valence-corrected chi connectivity index (χ0v) is 12.7. The van der Waals surface area contributed by atoms with Gasteiger partial charge in [0.15, 0.2) is 0 Å². The lowest BCUT2D eigenvalue weighted by Crippen LogP contribution is -2.44. The number of hydrogen-bond acceptors (Lipinski definition) is 2. The molecule has 1 amide bonds. The fourth-order valence-corrected chi connectivity index (χ4v) is 2.97. The van der Waals surface area contributed by atoms with E-state index >= 15 is 0 Å². The van der Waals surface area contributed by atoms with Gasteiger partial charge in [-0.1, -0.05) is 38.8 Å². The minimum atomic E-state index is 0.126. The van der Waals surface area contributed by atoms with Crippen molar-refractivity contribution in [2.45, 2.75) is 45.6 Å². The minimum Gasteiger partial charge on any atom is -0.497 e. The summed E-state index contributed by atoms with van der Waals surface area (Å²) in [5.41, 5.74) is 1.03. The van der Waals surface area contributed by atoms with Crippen LogP contribution in [-0.4, -0.2) is 19.1 Å². The van der Waals surface area contributed by atoms with Gasteiger partial charge in [0.25, 0.3) is 0 Å². The maximum absolute atomic E-state index is 12.1. The molecule has 3 atom stereocenters. The van der Waals surface area contributed by atoms with Gasteiger partial charge in [0.1, 0.15) is 5.75 Å². The Kier molecular flexibility index (Phi) is 5.05. The molecule has 20 heavy (non-hydrogen) atoms. The molecular weight excluding hydrogens is 250 g/mol. The predicted octanol–water partition coefficient (Wildman–Crippen LogP) is 3.18. The summed E-state index contributed by atoms with van der Waals surface area (Å²) >= 11 is 0. The molecule has 1 aliphatic rings. The van der Waals surface area contributed by atoms with Crippen LogP contribution in [0.5, 0.6) is 5.75 Å². The number of amides is 1. The highest BCUT2D eigenvalue weighted by Gasteiger charge is 2.27. The van der Waals surface area contributed by atoms with Crippen LogP contribution in [0.2, 0.25) is 0 Å². The van der Waals surface area contributed by atoms with E-state index in [-0.39, 0.29) is 5.91 Å². The number of carbonyl (C=O) groups excluding carboxylic acids is 1. The first-order chi connectivity index (χ1) is 9.60. The highest BCUT2D eigenvalue weighted by atomic mass is 16.5. The van der Waals surface area contributed by atoms with Crippen LogP contribution < -0.4 is 10.1 Å². The van der Waals surface area contributed by atoms with E-state index in [1.165, 1.54) is 12.8 Å². The van der Waals surface area contributed by atoms with Crippen molar-refractivity contribution < 1.29 is 9.53 Å². The van der Waals surface area contributed by atoms with Gasteiger partial charge in [0, 0.05) is 6.04 Å². The fraction of sp³-hybridized carbons (Fsp3) is 0.588. The molecule has 0 aromatic heterocycles.